The van der Waals surface area contributed by atoms with Crippen molar-refractivity contribution >= 4 is 11.6 Å². The summed E-state index contributed by atoms with van der Waals surface area (Å²) >= 11 is 0. The average molecular weight is 313 g/mol. The number of nitrogens with one attached hydrogen (secondary N) is 2. The summed E-state index contributed by atoms with van der Waals surface area (Å²) in [6.07, 6.45) is 0. The van der Waals surface area contributed by atoms with Gasteiger partial charge >= 0.3 is 0 Å². The molecule has 0 spiro atoms. The Bertz CT molecular complexity index is 716. The van der Waals surface area contributed by atoms with Gasteiger partial charge in [-0.25, -0.2) is 0 Å². The van der Waals surface area contributed by atoms with Crippen LogP contribution in [0.1, 0.15) is 51.5 Å². The van der Waals surface area contributed by atoms with Crippen LogP contribution in [0.5, 0.6) is 0 Å². The molecule has 23 heavy (non-hydrogen) atoms. The molecule has 0 radical (unpaired) electrons. The topological polar surface area (TPSA) is 54.4 Å². The quantitative estimate of drug-likeness (QED) is 0.803. The molecule has 1 heterocycles. The van der Waals surface area contributed by atoms with Crippen LogP contribution < -0.4 is 4.90 Å². The van der Waals surface area contributed by atoms with Gasteiger partial charge < -0.3 is 9.88 Å². The molecule has 0 aliphatic heterocycles. The highest BCUT2D eigenvalue weighted by atomic mass is 16.1. The molecule has 2 N–H and O–H groups in total. The Morgan fingerprint density at radius 3 is 2.30 bits per heavy atom. The zero-order valence-corrected chi connectivity index (χ0v) is 14.5. The molecule has 0 aliphatic carbocycles. The van der Waals surface area contributed by atoms with Crippen LogP contribution in [0.2, 0.25) is 0 Å². The van der Waals surface area contributed by atoms with E-state index in [1.807, 2.05) is 46.0 Å². The third kappa shape index (κ3) is 3.59. The summed E-state index contributed by atoms with van der Waals surface area (Å²) < 4.78 is 0. The van der Waals surface area contributed by atoms with Gasteiger partial charge in [-0.15, -0.1) is 0 Å². The Hall–Kier alpha value is -2.20. The first-order chi connectivity index (χ1) is 10.8. The first-order valence-corrected chi connectivity index (χ1v) is 7.93. The number of carbonyl (C=O) groups is 2. The number of benzene rings is 1. The van der Waals surface area contributed by atoms with Gasteiger partial charge in [0.2, 0.25) is 5.78 Å². The summed E-state index contributed by atoms with van der Waals surface area (Å²) in [5, 5.41) is 0. The van der Waals surface area contributed by atoms with Crippen molar-refractivity contribution in [3.05, 3.63) is 58.4 Å². The second-order valence-corrected chi connectivity index (χ2v) is 6.28. The standard InChI is InChI=1S/C19H24N2O2/c1-12-17(15(4)22)13(2)20-18(12)19(23)14(3)21(5)11-16-9-7-6-8-10-16/h6-10,14,20H,11H2,1-5H3/p+1/t14-/m0/s1. The number of carbonyl (C=O) groups excluding carboxylic acids is 2. The van der Waals surface area contributed by atoms with Crippen molar-refractivity contribution in [2.45, 2.75) is 40.3 Å². The molecule has 2 aromatic rings. The average Bonchev–Trinajstić information content (AvgIpc) is 2.81. The normalized spacial score (nSPS) is 13.6. The van der Waals surface area contributed by atoms with E-state index in [4.69, 9.17) is 0 Å². The van der Waals surface area contributed by atoms with Crippen molar-refractivity contribution in [3.8, 4) is 0 Å². The van der Waals surface area contributed by atoms with Gasteiger partial charge in [0.05, 0.1) is 12.7 Å². The van der Waals surface area contributed by atoms with Crippen LogP contribution in [0, 0.1) is 13.8 Å². The molecular formula is C19H25N2O2+. The third-order valence-electron chi connectivity index (χ3n) is 4.49. The van der Waals surface area contributed by atoms with Crippen molar-refractivity contribution < 1.29 is 14.5 Å². The Morgan fingerprint density at radius 2 is 1.78 bits per heavy atom. The van der Waals surface area contributed by atoms with Crippen LogP contribution in [-0.4, -0.2) is 29.6 Å². The number of ketones is 2. The number of quaternary nitrogens is 1. The van der Waals surface area contributed by atoms with Crippen LogP contribution in [0.4, 0.5) is 0 Å². The molecule has 2 rings (SSSR count). The molecule has 0 bridgehead atoms. The molecular weight excluding hydrogens is 288 g/mol. The van der Waals surface area contributed by atoms with E-state index in [0.717, 1.165) is 22.7 Å². The van der Waals surface area contributed by atoms with E-state index in [9.17, 15) is 9.59 Å². The molecule has 0 fully saturated rings. The molecule has 0 saturated heterocycles. The maximum absolute atomic E-state index is 12.8. The molecule has 1 aromatic carbocycles. The van der Waals surface area contributed by atoms with Gasteiger partial charge in [-0.2, -0.15) is 0 Å². The SMILES string of the molecule is CC(=O)c1c(C)[nH]c(C(=O)[C@H](C)[NH+](C)Cc2ccccc2)c1C. The van der Waals surface area contributed by atoms with Crippen LogP contribution in [0.25, 0.3) is 0 Å². The van der Waals surface area contributed by atoms with Crippen molar-refractivity contribution in [1.82, 2.24) is 4.98 Å². The van der Waals surface area contributed by atoms with Gasteiger partial charge in [0.15, 0.2) is 11.8 Å². The predicted molar refractivity (Wildman–Crippen MR) is 91.1 cm³/mol. The first kappa shape index (κ1) is 17.2. The molecule has 4 nitrogen and oxygen atoms in total. The van der Waals surface area contributed by atoms with Gasteiger partial charge in [0.1, 0.15) is 6.54 Å². The minimum absolute atomic E-state index is 0.00654. The van der Waals surface area contributed by atoms with E-state index < -0.39 is 0 Å². The number of aryl methyl sites for hydroxylation is 1. The fraction of sp³-hybridized carbons (Fsp3) is 0.368. The Balaban J connectivity index is 2.20. The highest BCUT2D eigenvalue weighted by Gasteiger charge is 2.28. The highest BCUT2D eigenvalue weighted by molar-refractivity contribution is 6.04. The van der Waals surface area contributed by atoms with E-state index in [1.54, 1.807) is 0 Å². The van der Waals surface area contributed by atoms with Crippen molar-refractivity contribution in [2.24, 2.45) is 0 Å². The zero-order chi connectivity index (χ0) is 17.1. The number of aromatic amines is 1. The molecule has 0 aliphatic rings. The molecule has 1 unspecified atom stereocenters. The second-order valence-electron chi connectivity index (χ2n) is 6.28. The fourth-order valence-corrected chi connectivity index (χ4v) is 3.04. The molecule has 122 valence electrons. The highest BCUT2D eigenvalue weighted by Crippen LogP contribution is 2.19. The number of Topliss-reactive ketones (excluding diaryl/α,β-unsaturated/α-hetero) is 2. The molecule has 1 aromatic heterocycles. The lowest BCUT2D eigenvalue weighted by Crippen LogP contribution is -3.12. The fourth-order valence-electron chi connectivity index (χ4n) is 3.04. The van der Waals surface area contributed by atoms with Crippen LogP contribution >= 0.6 is 0 Å². The Morgan fingerprint density at radius 1 is 1.17 bits per heavy atom. The van der Waals surface area contributed by atoms with Gasteiger partial charge in [0, 0.05) is 16.8 Å². The summed E-state index contributed by atoms with van der Waals surface area (Å²) in [5.74, 6) is 0.0412. The van der Waals surface area contributed by atoms with Gasteiger partial charge in [-0.3, -0.25) is 9.59 Å². The van der Waals surface area contributed by atoms with E-state index in [2.05, 4.69) is 17.1 Å². The second kappa shape index (κ2) is 6.92. The number of H-pyrrole nitrogens is 1. The number of hydrogen-bond donors (Lipinski definition) is 2. The monoisotopic (exact) mass is 313 g/mol. The maximum Gasteiger partial charge on any atom is 0.235 e. The van der Waals surface area contributed by atoms with Crippen molar-refractivity contribution in [3.63, 3.8) is 0 Å². The Kier molecular flexibility index (Phi) is 5.16. The van der Waals surface area contributed by atoms with Gasteiger partial charge in [-0.05, 0) is 33.3 Å². The summed E-state index contributed by atoms with van der Waals surface area (Å²) in [5.41, 5.74) is 3.94. The number of aromatic nitrogens is 1. The summed E-state index contributed by atoms with van der Waals surface area (Å²) in [4.78, 5) is 28.8. The number of likely N-dealkylation sites (N-methyl/N-ethyl adjacent to an activating group) is 1. The minimum Gasteiger partial charge on any atom is -0.355 e. The lowest BCUT2D eigenvalue weighted by atomic mass is 10.0. The largest absolute Gasteiger partial charge is 0.355 e. The number of hydrogen-bond acceptors (Lipinski definition) is 2. The zero-order valence-electron chi connectivity index (χ0n) is 14.5. The van der Waals surface area contributed by atoms with Crippen molar-refractivity contribution in [2.75, 3.05) is 7.05 Å². The number of rotatable bonds is 6. The molecule has 0 saturated carbocycles. The lowest BCUT2D eigenvalue weighted by molar-refractivity contribution is -0.907. The van der Waals surface area contributed by atoms with E-state index >= 15 is 0 Å². The van der Waals surface area contributed by atoms with Crippen molar-refractivity contribution in [1.29, 1.82) is 0 Å². The van der Waals surface area contributed by atoms with Crippen LogP contribution in [0.15, 0.2) is 30.3 Å². The maximum atomic E-state index is 12.8. The minimum atomic E-state index is -0.188. The van der Waals surface area contributed by atoms with E-state index in [-0.39, 0.29) is 17.6 Å². The first-order valence-electron chi connectivity index (χ1n) is 7.93. The lowest BCUT2D eigenvalue weighted by Gasteiger charge is -2.20. The molecule has 2 atom stereocenters. The molecule has 0 amide bonds. The van der Waals surface area contributed by atoms with Crippen LogP contribution in [0.3, 0.4) is 0 Å². The summed E-state index contributed by atoms with van der Waals surface area (Å²) in [7, 11) is 2.02. The Labute approximate surface area is 137 Å². The summed E-state index contributed by atoms with van der Waals surface area (Å²) in [6, 6.07) is 9.95. The van der Waals surface area contributed by atoms with E-state index in [1.165, 1.54) is 12.5 Å². The molecule has 4 heteroatoms. The third-order valence-corrected chi connectivity index (χ3v) is 4.49. The summed E-state index contributed by atoms with van der Waals surface area (Å²) in [6.45, 7) is 7.93. The predicted octanol–water partition coefficient (Wildman–Crippen LogP) is 2.12. The van der Waals surface area contributed by atoms with Gasteiger partial charge in [-0.1, -0.05) is 30.3 Å². The smallest absolute Gasteiger partial charge is 0.235 e. The van der Waals surface area contributed by atoms with Gasteiger partial charge in [0.25, 0.3) is 0 Å². The van der Waals surface area contributed by atoms with Crippen LogP contribution in [-0.2, 0) is 6.54 Å². The van der Waals surface area contributed by atoms with E-state index in [0.29, 0.717) is 11.3 Å².